The molecular formula is C13H14ClN3O2S. The highest BCUT2D eigenvalue weighted by Gasteiger charge is 2.05. The van der Waals surface area contributed by atoms with Gasteiger partial charge in [0.05, 0.1) is 13.3 Å². The zero-order valence-electron chi connectivity index (χ0n) is 11.1. The van der Waals surface area contributed by atoms with Crippen LogP contribution in [0, 0.1) is 0 Å². The van der Waals surface area contributed by atoms with Crippen LogP contribution in [0.4, 0.5) is 5.82 Å². The molecule has 0 bridgehead atoms. The monoisotopic (exact) mass is 311 g/mol. The molecule has 20 heavy (non-hydrogen) atoms. The van der Waals surface area contributed by atoms with Crippen molar-refractivity contribution in [2.24, 2.45) is 0 Å². The normalized spacial score (nSPS) is 11.9. The average molecular weight is 312 g/mol. The van der Waals surface area contributed by atoms with Gasteiger partial charge in [0.1, 0.15) is 5.02 Å². The number of halogens is 1. The summed E-state index contributed by atoms with van der Waals surface area (Å²) in [5.74, 6) is 0.515. The van der Waals surface area contributed by atoms with Crippen LogP contribution in [0.3, 0.4) is 0 Å². The van der Waals surface area contributed by atoms with Gasteiger partial charge in [0.15, 0.2) is 5.82 Å². The van der Waals surface area contributed by atoms with E-state index in [2.05, 4.69) is 15.3 Å². The van der Waals surface area contributed by atoms with Gasteiger partial charge in [0.2, 0.25) is 0 Å². The molecule has 1 atom stereocenters. The van der Waals surface area contributed by atoms with Crippen molar-refractivity contribution < 1.29 is 8.95 Å². The number of aromatic nitrogens is 2. The standard InChI is InChI=1S/C13H14ClN3O2S/c1-19-13-16-8-11(14)12(17-13)15-7-9-3-5-10(6-4-9)20(2)18/h3-6,8H,7H2,1-2H3,(H,15,16,17)/t20-/m1/s1. The maximum absolute atomic E-state index is 11.3. The maximum atomic E-state index is 11.3. The highest BCUT2D eigenvalue weighted by molar-refractivity contribution is 7.84. The van der Waals surface area contributed by atoms with Gasteiger partial charge in [-0.3, -0.25) is 4.21 Å². The molecule has 0 saturated carbocycles. The smallest absolute Gasteiger partial charge is 0.318 e. The summed E-state index contributed by atoms with van der Waals surface area (Å²) in [5.41, 5.74) is 1.04. The van der Waals surface area contributed by atoms with E-state index in [0.29, 0.717) is 17.4 Å². The van der Waals surface area contributed by atoms with Gasteiger partial charge in [-0.15, -0.1) is 0 Å². The van der Waals surface area contributed by atoms with E-state index in [1.165, 1.54) is 13.3 Å². The fourth-order valence-electron chi connectivity index (χ4n) is 1.56. The van der Waals surface area contributed by atoms with Gasteiger partial charge in [0.25, 0.3) is 0 Å². The highest BCUT2D eigenvalue weighted by Crippen LogP contribution is 2.21. The number of hydrogen-bond acceptors (Lipinski definition) is 5. The number of ether oxygens (including phenoxy) is 1. The minimum atomic E-state index is -0.964. The molecule has 2 rings (SSSR count). The molecule has 0 fully saturated rings. The number of hydrogen-bond donors (Lipinski definition) is 1. The topological polar surface area (TPSA) is 64.1 Å². The van der Waals surface area contributed by atoms with E-state index in [9.17, 15) is 4.21 Å². The number of nitrogens with one attached hydrogen (secondary N) is 1. The molecule has 0 radical (unpaired) electrons. The Labute approximate surface area is 124 Å². The van der Waals surface area contributed by atoms with E-state index < -0.39 is 10.8 Å². The molecule has 1 N–H and O–H groups in total. The second-order valence-corrected chi connectivity index (χ2v) is 5.79. The van der Waals surface area contributed by atoms with Crippen LogP contribution in [0.25, 0.3) is 0 Å². The van der Waals surface area contributed by atoms with Crippen molar-refractivity contribution in [1.29, 1.82) is 0 Å². The first kappa shape index (κ1) is 14.7. The number of methoxy groups -OCH3 is 1. The number of nitrogens with zero attached hydrogens (tertiary/aromatic N) is 2. The van der Waals surface area contributed by atoms with Crippen molar-refractivity contribution in [3.8, 4) is 6.01 Å². The summed E-state index contributed by atoms with van der Waals surface area (Å²) in [5, 5.41) is 3.54. The van der Waals surface area contributed by atoms with Crippen LogP contribution < -0.4 is 10.1 Å². The Bertz CT molecular complexity index is 620. The molecule has 1 aromatic carbocycles. The van der Waals surface area contributed by atoms with Crippen LogP contribution in [0.1, 0.15) is 5.56 Å². The average Bonchev–Trinajstić information content (AvgIpc) is 2.47. The van der Waals surface area contributed by atoms with Crippen LogP contribution in [-0.4, -0.2) is 27.5 Å². The molecule has 0 saturated heterocycles. The maximum Gasteiger partial charge on any atom is 0.318 e. The predicted molar refractivity (Wildman–Crippen MR) is 79.7 cm³/mol. The Balaban J connectivity index is 2.06. The Kier molecular flexibility index (Phi) is 4.92. The minimum Gasteiger partial charge on any atom is -0.467 e. The zero-order valence-corrected chi connectivity index (χ0v) is 12.7. The van der Waals surface area contributed by atoms with E-state index >= 15 is 0 Å². The third-order valence-electron chi connectivity index (χ3n) is 2.62. The van der Waals surface area contributed by atoms with E-state index in [4.69, 9.17) is 16.3 Å². The molecule has 7 heteroatoms. The molecule has 0 spiro atoms. The van der Waals surface area contributed by atoms with Crippen molar-refractivity contribution in [2.45, 2.75) is 11.4 Å². The molecule has 0 aliphatic rings. The van der Waals surface area contributed by atoms with Gasteiger partial charge in [-0.2, -0.15) is 4.98 Å². The van der Waals surface area contributed by atoms with Crippen LogP contribution in [0.5, 0.6) is 6.01 Å². The SMILES string of the molecule is COc1ncc(Cl)c(NCc2ccc([S@@](C)=O)cc2)n1. The predicted octanol–water partition coefficient (Wildman–Crippen LogP) is 2.49. The van der Waals surface area contributed by atoms with Gasteiger partial charge < -0.3 is 10.1 Å². The van der Waals surface area contributed by atoms with Crippen LogP contribution in [0.2, 0.25) is 5.02 Å². The lowest BCUT2D eigenvalue weighted by atomic mass is 10.2. The summed E-state index contributed by atoms with van der Waals surface area (Å²) in [7, 11) is 0.533. The first-order chi connectivity index (χ1) is 9.60. The lowest BCUT2D eigenvalue weighted by molar-refractivity contribution is 0.380. The number of rotatable bonds is 5. The fraction of sp³-hybridized carbons (Fsp3) is 0.231. The third-order valence-corrected chi connectivity index (χ3v) is 3.83. The van der Waals surface area contributed by atoms with E-state index in [-0.39, 0.29) is 6.01 Å². The van der Waals surface area contributed by atoms with Gasteiger partial charge >= 0.3 is 6.01 Å². The summed E-state index contributed by atoms with van der Waals surface area (Å²) >= 11 is 6.00. The zero-order chi connectivity index (χ0) is 14.5. The Morgan fingerprint density at radius 1 is 1.35 bits per heavy atom. The van der Waals surface area contributed by atoms with Gasteiger partial charge in [-0.05, 0) is 17.7 Å². The second-order valence-electron chi connectivity index (χ2n) is 4.00. The van der Waals surface area contributed by atoms with Crippen molar-refractivity contribution in [1.82, 2.24) is 9.97 Å². The second kappa shape index (κ2) is 6.67. The van der Waals surface area contributed by atoms with E-state index in [1.54, 1.807) is 6.26 Å². The molecule has 1 heterocycles. The summed E-state index contributed by atoms with van der Waals surface area (Å²) in [6.45, 7) is 0.552. The lowest BCUT2D eigenvalue weighted by Gasteiger charge is -2.08. The summed E-state index contributed by atoms with van der Waals surface area (Å²) in [6.07, 6.45) is 3.14. The summed E-state index contributed by atoms with van der Waals surface area (Å²) < 4.78 is 16.2. The molecule has 5 nitrogen and oxygen atoms in total. The van der Waals surface area contributed by atoms with Crippen molar-refractivity contribution in [3.05, 3.63) is 41.0 Å². The Hall–Kier alpha value is -1.66. The van der Waals surface area contributed by atoms with Crippen molar-refractivity contribution in [3.63, 3.8) is 0 Å². The molecule has 2 aromatic rings. The fourth-order valence-corrected chi connectivity index (χ4v) is 2.24. The Morgan fingerprint density at radius 3 is 2.65 bits per heavy atom. The largest absolute Gasteiger partial charge is 0.467 e. The molecule has 0 aliphatic heterocycles. The Morgan fingerprint density at radius 2 is 2.05 bits per heavy atom. The van der Waals surface area contributed by atoms with Gasteiger partial charge in [0, 0.05) is 28.5 Å². The molecule has 0 aliphatic carbocycles. The van der Waals surface area contributed by atoms with E-state index in [1.807, 2.05) is 24.3 Å². The van der Waals surface area contributed by atoms with Crippen molar-refractivity contribution in [2.75, 3.05) is 18.7 Å². The molecule has 106 valence electrons. The minimum absolute atomic E-state index is 0.258. The quantitative estimate of drug-likeness (QED) is 0.919. The van der Waals surface area contributed by atoms with Crippen LogP contribution in [0.15, 0.2) is 35.4 Å². The summed E-state index contributed by atoms with van der Waals surface area (Å²) in [6, 6.07) is 7.77. The lowest BCUT2D eigenvalue weighted by Crippen LogP contribution is -2.04. The molecule has 0 unspecified atom stereocenters. The first-order valence-corrected chi connectivity index (χ1v) is 7.76. The molecule has 1 aromatic heterocycles. The van der Waals surface area contributed by atoms with Crippen molar-refractivity contribution >= 4 is 28.2 Å². The first-order valence-electron chi connectivity index (χ1n) is 5.83. The van der Waals surface area contributed by atoms with Crippen LogP contribution >= 0.6 is 11.6 Å². The van der Waals surface area contributed by atoms with Gasteiger partial charge in [-0.25, -0.2) is 4.98 Å². The summed E-state index contributed by atoms with van der Waals surface area (Å²) in [4.78, 5) is 8.83. The van der Waals surface area contributed by atoms with Gasteiger partial charge in [-0.1, -0.05) is 23.7 Å². The third kappa shape index (κ3) is 3.68. The molecular weight excluding hydrogens is 298 g/mol. The highest BCUT2D eigenvalue weighted by atomic mass is 35.5. The number of benzene rings is 1. The van der Waals surface area contributed by atoms with Crippen LogP contribution in [-0.2, 0) is 17.3 Å². The molecule has 0 amide bonds. The number of anilines is 1. The van der Waals surface area contributed by atoms with E-state index in [0.717, 1.165) is 10.5 Å².